The molecule has 0 fully saturated rings. The number of aromatic nitrogens is 1. The maximum Gasteiger partial charge on any atom is 0.399 e. The van der Waals surface area contributed by atoms with Gasteiger partial charge in [-0.25, -0.2) is 0 Å². The minimum atomic E-state index is 0.278. The van der Waals surface area contributed by atoms with Crippen molar-refractivity contribution in [3.8, 4) is 11.8 Å². The first-order chi connectivity index (χ1) is 8.28. The van der Waals surface area contributed by atoms with Crippen molar-refractivity contribution in [2.24, 2.45) is 0 Å². The standard InChI is InChI=1S/C12H13IN2O2/c1-2-14-7-10-8-16-12(15-10)17-11-5-3-4-9(13)6-11/h3-6,8,14H,2,7H2,1H3. The smallest absolute Gasteiger partial charge is 0.399 e. The van der Waals surface area contributed by atoms with Crippen LogP contribution in [0.25, 0.3) is 0 Å². The third-order valence-corrected chi connectivity index (χ3v) is 2.76. The molecular weight excluding hydrogens is 331 g/mol. The molecule has 5 heteroatoms. The highest BCUT2D eigenvalue weighted by atomic mass is 127. The van der Waals surface area contributed by atoms with Crippen LogP contribution in [0.4, 0.5) is 0 Å². The number of hydrogen-bond acceptors (Lipinski definition) is 4. The molecule has 0 aliphatic heterocycles. The third-order valence-electron chi connectivity index (χ3n) is 2.09. The summed E-state index contributed by atoms with van der Waals surface area (Å²) in [5.74, 6) is 0.730. The van der Waals surface area contributed by atoms with Crippen LogP contribution in [0.5, 0.6) is 11.8 Å². The first-order valence-electron chi connectivity index (χ1n) is 5.36. The lowest BCUT2D eigenvalue weighted by Crippen LogP contribution is -2.11. The normalized spacial score (nSPS) is 10.5. The number of oxazole rings is 1. The molecule has 0 aliphatic carbocycles. The summed E-state index contributed by atoms with van der Waals surface area (Å²) in [4.78, 5) is 4.22. The molecule has 0 amide bonds. The van der Waals surface area contributed by atoms with E-state index >= 15 is 0 Å². The molecule has 1 heterocycles. The van der Waals surface area contributed by atoms with Gasteiger partial charge in [0.05, 0.1) is 5.69 Å². The summed E-state index contributed by atoms with van der Waals surface area (Å²) in [6.07, 6.45) is 1.88. The highest BCUT2D eigenvalue weighted by Crippen LogP contribution is 2.22. The lowest BCUT2D eigenvalue weighted by atomic mass is 10.3. The van der Waals surface area contributed by atoms with Gasteiger partial charge >= 0.3 is 6.08 Å². The summed E-state index contributed by atoms with van der Waals surface area (Å²) in [5, 5.41) is 3.17. The molecule has 1 N–H and O–H groups in total. The van der Waals surface area contributed by atoms with Crippen LogP contribution in [0.1, 0.15) is 12.6 Å². The summed E-state index contributed by atoms with van der Waals surface area (Å²) in [6, 6.07) is 7.73. The maximum absolute atomic E-state index is 5.51. The van der Waals surface area contributed by atoms with Gasteiger partial charge in [-0.1, -0.05) is 13.0 Å². The van der Waals surface area contributed by atoms with Gasteiger partial charge in [-0.3, -0.25) is 0 Å². The number of ether oxygens (including phenoxy) is 1. The highest BCUT2D eigenvalue weighted by molar-refractivity contribution is 14.1. The Morgan fingerprint density at radius 2 is 2.35 bits per heavy atom. The fourth-order valence-corrected chi connectivity index (χ4v) is 1.82. The zero-order chi connectivity index (χ0) is 12.1. The van der Waals surface area contributed by atoms with Crippen LogP contribution in [-0.4, -0.2) is 11.5 Å². The summed E-state index contributed by atoms with van der Waals surface area (Å²) in [5.41, 5.74) is 0.840. The molecule has 1 aromatic carbocycles. The van der Waals surface area contributed by atoms with Crippen molar-refractivity contribution in [3.63, 3.8) is 0 Å². The molecule has 1 aromatic heterocycles. The van der Waals surface area contributed by atoms with Crippen molar-refractivity contribution in [2.45, 2.75) is 13.5 Å². The van der Waals surface area contributed by atoms with Crippen molar-refractivity contribution < 1.29 is 9.15 Å². The molecule has 0 unspecified atom stereocenters. The van der Waals surface area contributed by atoms with Gasteiger partial charge < -0.3 is 14.5 Å². The van der Waals surface area contributed by atoms with Gasteiger partial charge in [-0.15, -0.1) is 0 Å². The Morgan fingerprint density at radius 1 is 1.47 bits per heavy atom. The summed E-state index contributed by atoms with van der Waals surface area (Å²) >= 11 is 2.23. The van der Waals surface area contributed by atoms with Crippen LogP contribution in [0.3, 0.4) is 0 Å². The molecule has 0 radical (unpaired) electrons. The minimum Gasteiger partial charge on any atom is -0.417 e. The van der Waals surface area contributed by atoms with Crippen molar-refractivity contribution in [1.82, 2.24) is 10.3 Å². The number of halogens is 1. The van der Waals surface area contributed by atoms with E-state index in [0.717, 1.165) is 21.6 Å². The van der Waals surface area contributed by atoms with Gasteiger partial charge in [0.25, 0.3) is 0 Å². The SMILES string of the molecule is CCNCc1coc(Oc2cccc(I)c2)n1. The Kier molecular flexibility index (Phi) is 4.38. The van der Waals surface area contributed by atoms with Gasteiger partial charge in [0.2, 0.25) is 0 Å². The average Bonchev–Trinajstić information content (AvgIpc) is 2.74. The monoisotopic (exact) mass is 344 g/mol. The van der Waals surface area contributed by atoms with E-state index in [4.69, 9.17) is 9.15 Å². The van der Waals surface area contributed by atoms with Gasteiger partial charge in [-0.05, 0) is 47.3 Å². The Hall–Kier alpha value is -1.08. The summed E-state index contributed by atoms with van der Waals surface area (Å²) < 4.78 is 11.8. The second-order valence-electron chi connectivity index (χ2n) is 3.44. The van der Waals surface area contributed by atoms with E-state index in [2.05, 4.69) is 32.9 Å². The van der Waals surface area contributed by atoms with Gasteiger partial charge in [-0.2, -0.15) is 4.98 Å². The van der Waals surface area contributed by atoms with E-state index < -0.39 is 0 Å². The highest BCUT2D eigenvalue weighted by Gasteiger charge is 2.05. The molecule has 0 aliphatic rings. The third kappa shape index (κ3) is 3.71. The maximum atomic E-state index is 5.51. The summed E-state index contributed by atoms with van der Waals surface area (Å²) in [6.45, 7) is 3.64. The molecule has 0 spiro atoms. The number of hydrogen-bond donors (Lipinski definition) is 1. The second kappa shape index (κ2) is 6.02. The largest absolute Gasteiger partial charge is 0.417 e. The fourth-order valence-electron chi connectivity index (χ4n) is 1.30. The van der Waals surface area contributed by atoms with Crippen molar-refractivity contribution in [3.05, 3.63) is 39.8 Å². The topological polar surface area (TPSA) is 47.3 Å². The zero-order valence-corrected chi connectivity index (χ0v) is 11.6. The fraction of sp³-hybridized carbons (Fsp3) is 0.250. The number of nitrogens with zero attached hydrogens (tertiary/aromatic N) is 1. The van der Waals surface area contributed by atoms with Crippen LogP contribution in [-0.2, 0) is 6.54 Å². The second-order valence-corrected chi connectivity index (χ2v) is 4.69. The number of nitrogens with one attached hydrogen (secondary N) is 1. The molecule has 0 saturated carbocycles. The molecule has 0 atom stereocenters. The van der Waals surface area contributed by atoms with Gasteiger partial charge in [0, 0.05) is 10.1 Å². The quantitative estimate of drug-likeness (QED) is 0.847. The molecule has 0 saturated heterocycles. The van der Waals surface area contributed by atoms with Crippen LogP contribution >= 0.6 is 22.6 Å². The van der Waals surface area contributed by atoms with E-state index in [1.165, 1.54) is 0 Å². The predicted octanol–water partition coefficient (Wildman–Crippen LogP) is 3.18. The van der Waals surface area contributed by atoms with Gasteiger partial charge in [0.15, 0.2) is 0 Å². The number of benzene rings is 1. The van der Waals surface area contributed by atoms with Crippen LogP contribution < -0.4 is 10.1 Å². The Bertz CT molecular complexity index is 485. The van der Waals surface area contributed by atoms with Crippen LogP contribution in [0.15, 0.2) is 34.9 Å². The Balaban J connectivity index is 2.01. The van der Waals surface area contributed by atoms with E-state index in [1.54, 1.807) is 6.26 Å². The summed E-state index contributed by atoms with van der Waals surface area (Å²) in [7, 11) is 0. The van der Waals surface area contributed by atoms with Crippen LogP contribution in [0, 0.1) is 3.57 Å². The number of rotatable bonds is 5. The van der Waals surface area contributed by atoms with Crippen molar-refractivity contribution >= 4 is 22.6 Å². The van der Waals surface area contributed by atoms with Crippen molar-refractivity contribution in [1.29, 1.82) is 0 Å². The lowest BCUT2D eigenvalue weighted by Gasteiger charge is -2.00. The Labute approximate surface area is 114 Å². The van der Waals surface area contributed by atoms with E-state index in [9.17, 15) is 0 Å². The average molecular weight is 344 g/mol. The molecule has 2 rings (SSSR count). The first kappa shape index (κ1) is 12.4. The van der Waals surface area contributed by atoms with Crippen LogP contribution in [0.2, 0.25) is 0 Å². The van der Waals surface area contributed by atoms with E-state index in [0.29, 0.717) is 6.54 Å². The Morgan fingerprint density at radius 3 is 3.12 bits per heavy atom. The molecule has 90 valence electrons. The predicted molar refractivity (Wildman–Crippen MR) is 73.1 cm³/mol. The van der Waals surface area contributed by atoms with E-state index in [-0.39, 0.29) is 6.08 Å². The van der Waals surface area contributed by atoms with Gasteiger partial charge in [0.1, 0.15) is 12.0 Å². The molecule has 4 nitrogen and oxygen atoms in total. The minimum absolute atomic E-state index is 0.278. The van der Waals surface area contributed by atoms with E-state index in [1.807, 2.05) is 31.2 Å². The zero-order valence-electron chi connectivity index (χ0n) is 9.44. The molecule has 0 bridgehead atoms. The molecular formula is C12H13IN2O2. The lowest BCUT2D eigenvalue weighted by molar-refractivity contribution is 0.330. The molecule has 17 heavy (non-hydrogen) atoms. The molecule has 2 aromatic rings. The first-order valence-corrected chi connectivity index (χ1v) is 6.44. The van der Waals surface area contributed by atoms with Crippen molar-refractivity contribution in [2.75, 3.05) is 6.54 Å².